The molecule has 2 amide bonds. The van der Waals surface area contributed by atoms with Crippen LogP contribution in [-0.4, -0.2) is 119 Å². The number of ether oxygens (including phenoxy) is 5. The Balaban J connectivity index is 0.000000378. The van der Waals surface area contributed by atoms with Crippen molar-refractivity contribution in [3.63, 3.8) is 0 Å². The Labute approximate surface area is 463 Å². The van der Waals surface area contributed by atoms with E-state index < -0.39 is 70.2 Å². The van der Waals surface area contributed by atoms with E-state index in [1.54, 1.807) is 23.8 Å². The van der Waals surface area contributed by atoms with Crippen LogP contribution in [0.1, 0.15) is 68.1 Å². The lowest BCUT2D eigenvalue weighted by atomic mass is 10.0. The SMILES string of the molecule is CC1COc2ccccc2N1C(=O)C(Cl)Cl.CCOC(=O)C(C)OC(=O)c1cc(Oc2ccc(C(F)(F)F)cc2Cl)ccc1[N+](=O)[O-].CCc1cccc(C)c1N(C(=O)CCl)C(C)COC.CP(=O)(O)CCC(N)C(=O)O. The quantitative estimate of drug-likeness (QED) is 0.0275. The molecule has 0 fully saturated rings. The Morgan fingerprint density at radius 2 is 1.68 bits per heavy atom. The van der Waals surface area contributed by atoms with Gasteiger partial charge in [-0.25, -0.2) is 9.59 Å². The first-order valence-corrected chi connectivity index (χ1v) is 27.3. The number of esters is 2. The van der Waals surface area contributed by atoms with Gasteiger partial charge >= 0.3 is 24.1 Å². The average Bonchev–Trinajstić information content (AvgIpc) is 3.36. The maximum absolute atomic E-state index is 12.8. The van der Waals surface area contributed by atoms with Gasteiger partial charge in [-0.1, -0.05) is 72.1 Å². The first-order valence-electron chi connectivity index (χ1n) is 23.2. The van der Waals surface area contributed by atoms with Crippen LogP contribution in [0, 0.1) is 17.0 Å². The monoisotopic (exact) mass is 1180 g/mol. The van der Waals surface area contributed by atoms with Crippen LogP contribution in [-0.2, 0) is 50.6 Å². The Morgan fingerprint density at radius 1 is 1.03 bits per heavy atom. The third-order valence-electron chi connectivity index (χ3n) is 10.6. The van der Waals surface area contributed by atoms with Gasteiger partial charge in [-0.05, 0) is 95.0 Å². The van der Waals surface area contributed by atoms with Crippen molar-refractivity contribution in [1.29, 1.82) is 0 Å². The summed E-state index contributed by atoms with van der Waals surface area (Å²) in [5.41, 5.74) is 6.86. The number of alkyl halides is 6. The second kappa shape index (κ2) is 31.6. The first kappa shape index (κ1) is 67.4. The zero-order chi connectivity index (χ0) is 58.5. The number of anilines is 2. The highest BCUT2D eigenvalue weighted by atomic mass is 35.5. The number of halogens is 7. The molecule has 19 nitrogen and oxygen atoms in total. The number of nitrogens with two attached hydrogens (primary N) is 1. The highest BCUT2D eigenvalue weighted by Gasteiger charge is 2.34. The van der Waals surface area contributed by atoms with E-state index in [1.807, 2.05) is 57.2 Å². The lowest BCUT2D eigenvalue weighted by Crippen LogP contribution is -2.47. The molecular formula is C50H60Cl4F3N4O15P. The fourth-order valence-corrected chi connectivity index (χ4v) is 8.20. The third-order valence-corrected chi connectivity index (χ3v) is 12.6. The van der Waals surface area contributed by atoms with E-state index in [-0.39, 0.29) is 65.5 Å². The minimum atomic E-state index is -4.61. The van der Waals surface area contributed by atoms with Crippen molar-refractivity contribution >= 4 is 101 Å². The number of aliphatic carboxylic acids is 1. The van der Waals surface area contributed by atoms with Crippen molar-refractivity contribution in [2.45, 2.75) is 89.6 Å². The van der Waals surface area contributed by atoms with E-state index in [4.69, 9.17) is 85.8 Å². The maximum Gasteiger partial charge on any atom is 0.416 e. The number of amides is 2. The number of carboxylic acids is 1. The number of benzene rings is 4. The average molecular weight is 1190 g/mol. The lowest BCUT2D eigenvalue weighted by molar-refractivity contribution is -0.385. The zero-order valence-corrected chi connectivity index (χ0v) is 47.0. The molecule has 4 N–H and O–H groups in total. The Kier molecular flexibility index (Phi) is 27.7. The molecule has 0 aliphatic carbocycles. The van der Waals surface area contributed by atoms with Crippen LogP contribution in [0.15, 0.2) is 78.9 Å². The van der Waals surface area contributed by atoms with Crippen LogP contribution in [0.25, 0.3) is 0 Å². The Hall–Kier alpha value is -5.71. The van der Waals surface area contributed by atoms with Crippen molar-refractivity contribution in [2.75, 3.05) is 55.4 Å². The molecule has 0 radical (unpaired) electrons. The minimum absolute atomic E-state index is 0.0223. The standard InChI is InChI=1S/C19H15ClF3NO7.C15H22ClNO2.C11H11Cl2NO2.C5H12NO4P/c1-3-29-17(25)10(2)30-18(26)13-9-12(5-6-15(13)24(27)28)31-16-7-4-11(8-14(16)20)19(21,22)23;1-5-13-8-6-7-11(2)15(13)17(14(18)9-16)12(3)10-19-4;1-7-6-16-9-5-3-2-4-8(9)14(7)11(15)10(12)13;1-11(9,10)3-2-4(6)5(7)8/h4-10H,3H2,1-2H3;6-8,12H,5,9-10H2,1-4H3;2-5,7,10H,6H2,1H3;4H,2-3,6H2,1H3,(H,7,8)(H,9,10). The molecule has 27 heteroatoms. The molecule has 5 rings (SSSR count). The highest BCUT2D eigenvalue weighted by molar-refractivity contribution is 7.57. The summed E-state index contributed by atoms with van der Waals surface area (Å²) in [5, 5.41) is 19.2. The van der Waals surface area contributed by atoms with Crippen LogP contribution < -0.4 is 25.0 Å². The summed E-state index contributed by atoms with van der Waals surface area (Å²) in [6.07, 6.45) is -5.06. The van der Waals surface area contributed by atoms with Crippen molar-refractivity contribution in [2.24, 2.45) is 5.73 Å². The van der Waals surface area contributed by atoms with Gasteiger partial charge in [0.25, 0.3) is 11.6 Å². The molecule has 1 aliphatic heterocycles. The summed E-state index contributed by atoms with van der Waals surface area (Å²) in [7, 11) is -1.47. The molecular weight excluding hydrogens is 1130 g/mol. The molecule has 5 unspecified atom stereocenters. The molecule has 4 aromatic carbocycles. The minimum Gasteiger partial charge on any atom is -0.489 e. The number of fused-ring (bicyclic) bond motifs is 1. The highest BCUT2D eigenvalue weighted by Crippen LogP contribution is 2.39. The number of methoxy groups -OCH3 is 1. The number of rotatable bonds is 18. The second-order valence-corrected chi connectivity index (χ2v) is 21.1. The third kappa shape index (κ3) is 21.2. The number of carbonyl (C=O) groups excluding carboxylic acids is 4. The summed E-state index contributed by atoms with van der Waals surface area (Å²) in [5.74, 6) is -3.24. The molecule has 424 valence electrons. The van der Waals surface area contributed by atoms with Crippen LogP contribution >= 0.6 is 53.8 Å². The van der Waals surface area contributed by atoms with Crippen LogP contribution in [0.4, 0.5) is 30.2 Å². The predicted molar refractivity (Wildman–Crippen MR) is 286 cm³/mol. The Bertz CT molecular complexity index is 2720. The predicted octanol–water partition coefficient (Wildman–Crippen LogP) is 10.6. The number of nitro benzene ring substituents is 1. The molecule has 0 saturated carbocycles. The molecule has 0 aromatic heterocycles. The number of carbonyl (C=O) groups is 5. The molecule has 77 heavy (non-hydrogen) atoms. The van der Waals surface area contributed by atoms with Gasteiger partial charge in [-0.3, -0.25) is 29.1 Å². The number of aryl methyl sites for hydroxylation is 2. The van der Waals surface area contributed by atoms with Crippen molar-refractivity contribution in [1.82, 2.24) is 0 Å². The van der Waals surface area contributed by atoms with Crippen LogP contribution in [0.3, 0.4) is 0 Å². The fourth-order valence-electron chi connectivity index (χ4n) is 6.88. The van der Waals surface area contributed by atoms with Gasteiger partial charge in [0.1, 0.15) is 41.3 Å². The van der Waals surface area contributed by atoms with Gasteiger partial charge in [0, 0.05) is 32.1 Å². The molecule has 0 saturated heterocycles. The number of para-hydroxylation sites is 3. The van der Waals surface area contributed by atoms with Crippen LogP contribution in [0.2, 0.25) is 5.02 Å². The fraction of sp³-hybridized carbons (Fsp3) is 0.420. The normalized spacial score (nSPS) is 14.6. The van der Waals surface area contributed by atoms with Gasteiger partial charge in [0.2, 0.25) is 5.91 Å². The van der Waals surface area contributed by atoms with E-state index in [0.29, 0.717) is 25.0 Å². The first-order chi connectivity index (χ1) is 35.9. The number of nitrogens with zero attached hydrogens (tertiary/aromatic N) is 3. The van der Waals surface area contributed by atoms with Gasteiger partial charge in [-0.15, -0.1) is 11.6 Å². The summed E-state index contributed by atoms with van der Waals surface area (Å²) in [6.45, 7) is 12.9. The van der Waals surface area contributed by atoms with Crippen LogP contribution in [0.5, 0.6) is 17.2 Å². The van der Waals surface area contributed by atoms with E-state index in [1.165, 1.54) is 13.6 Å². The van der Waals surface area contributed by atoms with Crippen molar-refractivity contribution in [3.05, 3.63) is 116 Å². The molecule has 1 aliphatic rings. The second-order valence-electron chi connectivity index (χ2n) is 16.8. The Morgan fingerprint density at radius 3 is 2.21 bits per heavy atom. The number of hydrogen-bond donors (Lipinski definition) is 3. The smallest absolute Gasteiger partial charge is 0.416 e. The number of nitro groups is 1. The van der Waals surface area contributed by atoms with Gasteiger partial charge in [0.05, 0.1) is 52.2 Å². The molecule has 5 atom stereocenters. The van der Waals surface area contributed by atoms with E-state index in [0.717, 1.165) is 59.3 Å². The summed E-state index contributed by atoms with van der Waals surface area (Å²) in [6, 6.07) is 17.7. The summed E-state index contributed by atoms with van der Waals surface area (Å²) >= 11 is 22.8. The molecule has 0 bridgehead atoms. The molecule has 1 heterocycles. The van der Waals surface area contributed by atoms with Gasteiger partial charge in [-0.2, -0.15) is 13.2 Å². The van der Waals surface area contributed by atoms with E-state index in [9.17, 15) is 51.8 Å². The summed E-state index contributed by atoms with van der Waals surface area (Å²) in [4.78, 5) is 79.6. The van der Waals surface area contributed by atoms with E-state index >= 15 is 0 Å². The van der Waals surface area contributed by atoms with Gasteiger partial charge < -0.3 is 49.2 Å². The molecule has 4 aromatic rings. The maximum atomic E-state index is 12.8. The van der Waals surface area contributed by atoms with Gasteiger partial charge in [0.15, 0.2) is 18.3 Å². The topological polar surface area (TPSA) is 265 Å². The van der Waals surface area contributed by atoms with Crippen molar-refractivity contribution < 1.29 is 80.3 Å². The zero-order valence-electron chi connectivity index (χ0n) is 43.1. The number of carboxylic acid groups (broad SMARTS) is 1. The number of hydrogen-bond acceptors (Lipinski definition) is 14. The van der Waals surface area contributed by atoms with E-state index in [2.05, 4.69) is 13.0 Å². The van der Waals surface area contributed by atoms with Crippen molar-refractivity contribution in [3.8, 4) is 17.2 Å². The lowest BCUT2D eigenvalue weighted by Gasteiger charge is -2.35. The summed E-state index contributed by atoms with van der Waals surface area (Å²) < 4.78 is 74.6. The molecule has 0 spiro atoms. The largest absolute Gasteiger partial charge is 0.489 e.